The van der Waals surface area contributed by atoms with Gasteiger partial charge in [0, 0.05) is 0 Å². The van der Waals surface area contributed by atoms with Gasteiger partial charge in [-0.2, -0.15) is 0 Å². The van der Waals surface area contributed by atoms with Crippen LogP contribution >= 0.6 is 0 Å². The summed E-state index contributed by atoms with van der Waals surface area (Å²) in [5, 5.41) is 0. The molecule has 0 radical (unpaired) electrons. The highest BCUT2D eigenvalue weighted by Crippen LogP contribution is 2.33. The Morgan fingerprint density at radius 1 is 1.21 bits per heavy atom. The van der Waals surface area contributed by atoms with E-state index < -0.39 is 11.7 Å². The first-order valence-electron chi connectivity index (χ1n) is 6.27. The number of hydroxylamine groups is 1. The summed E-state index contributed by atoms with van der Waals surface area (Å²) in [7, 11) is 0. The lowest BCUT2D eigenvalue weighted by atomic mass is 10.1. The lowest BCUT2D eigenvalue weighted by Gasteiger charge is -2.31. The molecule has 2 atom stereocenters. The van der Waals surface area contributed by atoms with Crippen molar-refractivity contribution in [3.05, 3.63) is 24.3 Å². The normalized spacial score (nSPS) is 21.9. The largest absolute Gasteiger partial charge is 0.482 e. The minimum absolute atomic E-state index is 0.350. The van der Waals surface area contributed by atoms with Crippen molar-refractivity contribution in [1.29, 1.82) is 0 Å². The summed E-state index contributed by atoms with van der Waals surface area (Å²) in [5.41, 5.74) is 1.96. The summed E-state index contributed by atoms with van der Waals surface area (Å²) >= 11 is 0. The molecule has 104 valence electrons. The van der Waals surface area contributed by atoms with E-state index in [9.17, 15) is 4.79 Å². The second-order valence-corrected chi connectivity index (χ2v) is 5.49. The van der Waals surface area contributed by atoms with Crippen LogP contribution in [0.3, 0.4) is 0 Å². The minimum Gasteiger partial charge on any atom is -0.482 e. The quantitative estimate of drug-likeness (QED) is 0.832. The zero-order valence-electron chi connectivity index (χ0n) is 11.6. The smallest absolute Gasteiger partial charge is 0.288 e. The van der Waals surface area contributed by atoms with Gasteiger partial charge in [-0.15, -0.1) is 0 Å². The number of fused-ring (bicyclic) bond motifs is 1. The molecule has 1 aliphatic heterocycles. The van der Waals surface area contributed by atoms with Crippen LogP contribution in [0.4, 0.5) is 0 Å². The summed E-state index contributed by atoms with van der Waals surface area (Å²) in [6, 6.07) is 7.27. The van der Waals surface area contributed by atoms with E-state index in [-0.39, 0.29) is 12.0 Å². The molecule has 1 aliphatic rings. The van der Waals surface area contributed by atoms with Crippen molar-refractivity contribution < 1.29 is 19.1 Å². The average Bonchev–Trinajstić information content (AvgIpc) is 2.34. The van der Waals surface area contributed by atoms with Crippen molar-refractivity contribution in [3.8, 4) is 11.5 Å². The third kappa shape index (κ3) is 3.38. The van der Waals surface area contributed by atoms with Crippen LogP contribution in [-0.2, 0) is 9.63 Å². The Labute approximate surface area is 112 Å². The third-order valence-corrected chi connectivity index (χ3v) is 2.56. The maximum absolute atomic E-state index is 12.0. The minimum atomic E-state index is -0.725. The fraction of sp³-hybridized carbons (Fsp3) is 0.500. The van der Waals surface area contributed by atoms with Gasteiger partial charge in [-0.3, -0.25) is 9.63 Å². The van der Waals surface area contributed by atoms with E-state index >= 15 is 0 Å². The van der Waals surface area contributed by atoms with Crippen molar-refractivity contribution in [2.75, 3.05) is 0 Å². The molecule has 2 unspecified atom stereocenters. The molecular formula is C14H19NO4. The number of nitrogens with one attached hydrogen (secondary N) is 1. The van der Waals surface area contributed by atoms with E-state index in [4.69, 9.17) is 14.3 Å². The zero-order chi connectivity index (χ0) is 14.0. The van der Waals surface area contributed by atoms with Gasteiger partial charge in [-0.1, -0.05) is 12.1 Å². The van der Waals surface area contributed by atoms with Crippen LogP contribution in [0.5, 0.6) is 11.5 Å². The van der Waals surface area contributed by atoms with Gasteiger partial charge in [-0.25, -0.2) is 5.48 Å². The van der Waals surface area contributed by atoms with E-state index in [0.29, 0.717) is 11.5 Å². The molecule has 19 heavy (non-hydrogen) atoms. The maximum atomic E-state index is 12.0. The van der Waals surface area contributed by atoms with E-state index in [0.717, 1.165) is 0 Å². The molecule has 0 bridgehead atoms. The van der Waals surface area contributed by atoms with E-state index in [1.807, 2.05) is 39.0 Å². The lowest BCUT2D eigenvalue weighted by Crippen LogP contribution is -2.50. The Balaban J connectivity index is 2.04. The highest BCUT2D eigenvalue weighted by atomic mass is 16.7. The molecule has 1 heterocycles. The number of carbonyl (C=O) groups is 1. The topological polar surface area (TPSA) is 56.8 Å². The van der Waals surface area contributed by atoms with Gasteiger partial charge < -0.3 is 9.47 Å². The van der Waals surface area contributed by atoms with Crippen LogP contribution in [0.15, 0.2) is 24.3 Å². The van der Waals surface area contributed by atoms with Gasteiger partial charge in [0.05, 0.1) is 5.60 Å². The lowest BCUT2D eigenvalue weighted by molar-refractivity contribution is -0.157. The maximum Gasteiger partial charge on any atom is 0.288 e. The average molecular weight is 265 g/mol. The van der Waals surface area contributed by atoms with Gasteiger partial charge in [-0.05, 0) is 39.8 Å². The summed E-state index contributed by atoms with van der Waals surface area (Å²) in [5.74, 6) is 0.865. The standard InChI is InChI=1S/C14H19NO4/c1-9-12(13(16)15-19-14(2,3)4)18-11-8-6-5-7-10(11)17-9/h5-9,12H,1-4H3,(H,15,16). The Morgan fingerprint density at radius 2 is 1.79 bits per heavy atom. The van der Waals surface area contributed by atoms with Gasteiger partial charge in [0.2, 0.25) is 6.10 Å². The molecule has 1 aromatic carbocycles. The highest BCUT2D eigenvalue weighted by molar-refractivity contribution is 5.81. The number of rotatable bonds is 2. The van der Waals surface area contributed by atoms with Gasteiger partial charge in [0.25, 0.3) is 5.91 Å². The summed E-state index contributed by atoms with van der Waals surface area (Å²) in [6.45, 7) is 7.34. The van der Waals surface area contributed by atoms with Crippen LogP contribution < -0.4 is 15.0 Å². The van der Waals surface area contributed by atoms with E-state index in [1.54, 1.807) is 13.0 Å². The molecule has 5 heteroatoms. The Kier molecular flexibility index (Phi) is 3.66. The Bertz CT molecular complexity index is 467. The van der Waals surface area contributed by atoms with Gasteiger partial charge >= 0.3 is 0 Å². The first-order chi connectivity index (χ1) is 8.87. The monoisotopic (exact) mass is 265 g/mol. The molecule has 0 aliphatic carbocycles. The van der Waals surface area contributed by atoms with Crippen molar-refractivity contribution in [2.45, 2.75) is 45.5 Å². The summed E-state index contributed by atoms with van der Waals surface area (Å²) < 4.78 is 11.3. The number of hydrogen-bond acceptors (Lipinski definition) is 4. The molecule has 1 amide bonds. The SMILES string of the molecule is CC1Oc2ccccc2OC1C(=O)NOC(C)(C)C. The molecule has 1 aromatic rings. The van der Waals surface area contributed by atoms with Crippen LogP contribution in [-0.4, -0.2) is 23.7 Å². The van der Waals surface area contributed by atoms with Crippen molar-refractivity contribution in [1.82, 2.24) is 5.48 Å². The van der Waals surface area contributed by atoms with Crippen molar-refractivity contribution >= 4 is 5.91 Å². The Hall–Kier alpha value is -1.75. The molecule has 0 spiro atoms. The fourth-order valence-electron chi connectivity index (χ4n) is 1.67. The molecule has 5 nitrogen and oxygen atoms in total. The first kappa shape index (κ1) is 13.7. The van der Waals surface area contributed by atoms with Crippen LogP contribution in [0.25, 0.3) is 0 Å². The molecule has 0 saturated heterocycles. The first-order valence-corrected chi connectivity index (χ1v) is 6.27. The Morgan fingerprint density at radius 3 is 2.37 bits per heavy atom. The molecule has 2 rings (SSSR count). The van der Waals surface area contributed by atoms with Crippen molar-refractivity contribution in [3.63, 3.8) is 0 Å². The van der Waals surface area contributed by atoms with Crippen LogP contribution in [0, 0.1) is 0 Å². The second kappa shape index (κ2) is 5.09. The number of amides is 1. The molecular weight excluding hydrogens is 246 g/mol. The fourth-order valence-corrected chi connectivity index (χ4v) is 1.67. The zero-order valence-corrected chi connectivity index (χ0v) is 11.6. The summed E-state index contributed by atoms with van der Waals surface area (Å²) in [6.07, 6.45) is -1.10. The number of para-hydroxylation sites is 2. The third-order valence-electron chi connectivity index (χ3n) is 2.56. The number of ether oxygens (including phenoxy) is 2. The van der Waals surface area contributed by atoms with E-state index in [2.05, 4.69) is 5.48 Å². The van der Waals surface area contributed by atoms with Crippen molar-refractivity contribution in [2.24, 2.45) is 0 Å². The summed E-state index contributed by atoms with van der Waals surface area (Å²) in [4.78, 5) is 17.3. The highest BCUT2D eigenvalue weighted by Gasteiger charge is 2.34. The molecule has 1 N–H and O–H groups in total. The number of benzene rings is 1. The number of carbonyl (C=O) groups excluding carboxylic acids is 1. The van der Waals surface area contributed by atoms with Gasteiger partial charge in [0.1, 0.15) is 6.10 Å². The van der Waals surface area contributed by atoms with Gasteiger partial charge in [0.15, 0.2) is 11.5 Å². The molecule has 0 aromatic heterocycles. The second-order valence-electron chi connectivity index (χ2n) is 5.49. The molecule has 0 fully saturated rings. The number of hydrogen-bond donors (Lipinski definition) is 1. The predicted octanol–water partition coefficient (Wildman–Crippen LogP) is 2.06. The van der Waals surface area contributed by atoms with Crippen LogP contribution in [0.2, 0.25) is 0 Å². The predicted molar refractivity (Wildman–Crippen MR) is 69.9 cm³/mol. The van der Waals surface area contributed by atoms with E-state index in [1.165, 1.54) is 0 Å². The van der Waals surface area contributed by atoms with Crippen LogP contribution in [0.1, 0.15) is 27.7 Å². The molecule has 0 saturated carbocycles.